The number of piperazine rings is 1. The van der Waals surface area contributed by atoms with Crippen LogP contribution in [0.4, 0.5) is 15.8 Å². The van der Waals surface area contributed by atoms with Gasteiger partial charge in [-0.25, -0.2) is 4.39 Å². The molecule has 4 rings (SSSR count). The van der Waals surface area contributed by atoms with Gasteiger partial charge in [0.2, 0.25) is 0 Å². The van der Waals surface area contributed by atoms with Gasteiger partial charge in [0.05, 0.1) is 33.3 Å². The van der Waals surface area contributed by atoms with Crippen molar-refractivity contribution >= 4 is 17.3 Å². The molecule has 1 heterocycles. The number of ether oxygens (including phenoxy) is 1. The first-order valence-electron chi connectivity index (χ1n) is 10.5. The molecule has 1 amide bonds. The minimum Gasteiger partial charge on any atom is -0.494 e. The summed E-state index contributed by atoms with van der Waals surface area (Å²) in [5.41, 5.74) is 3.45. The average molecular weight is 421 g/mol. The number of amides is 1. The van der Waals surface area contributed by atoms with Crippen LogP contribution in [0.1, 0.15) is 15.9 Å². The molecule has 31 heavy (non-hydrogen) atoms. The third-order valence-corrected chi connectivity index (χ3v) is 5.67. The van der Waals surface area contributed by atoms with E-state index in [1.807, 2.05) is 24.3 Å². The van der Waals surface area contributed by atoms with Crippen LogP contribution in [0.25, 0.3) is 0 Å². The van der Waals surface area contributed by atoms with Gasteiger partial charge in [0, 0.05) is 22.5 Å². The van der Waals surface area contributed by atoms with Crippen molar-refractivity contribution in [2.45, 2.75) is 6.54 Å². The minimum absolute atomic E-state index is 0.117. The second-order valence-corrected chi connectivity index (χ2v) is 7.75. The monoisotopic (exact) mass is 420 g/mol. The summed E-state index contributed by atoms with van der Waals surface area (Å²) < 4.78 is 18.7. The van der Waals surface area contributed by atoms with Crippen molar-refractivity contribution in [2.75, 3.05) is 43.5 Å². The normalized spacial score (nSPS) is 14.3. The van der Waals surface area contributed by atoms with Crippen LogP contribution in [0.3, 0.4) is 0 Å². The molecule has 0 aromatic heterocycles. The molecule has 0 aliphatic carbocycles. The maximum absolute atomic E-state index is 13.8. The second-order valence-electron chi connectivity index (χ2n) is 7.75. The molecule has 0 bridgehead atoms. The smallest absolute Gasteiger partial charge is 0.255 e. The Balaban J connectivity index is 1.31. The first-order chi connectivity index (χ1) is 15.1. The highest BCUT2D eigenvalue weighted by molar-refractivity contribution is 6.04. The standard InChI is InChI=1S/C25H26FN3O2/c1-31-24-12-7-20(17-23(24)26)25(30)27-21-8-10-22(11-9-21)29-15-13-28(14-16-29)18-19-5-3-2-4-6-19/h2-12,17H,13-16,18H2,1H3,(H,27,30)/p+1. The van der Waals surface area contributed by atoms with Crippen LogP contribution in [0, 0.1) is 5.82 Å². The zero-order valence-corrected chi connectivity index (χ0v) is 17.6. The van der Waals surface area contributed by atoms with Gasteiger partial charge in [-0.2, -0.15) is 0 Å². The lowest BCUT2D eigenvalue weighted by atomic mass is 10.1. The van der Waals surface area contributed by atoms with Gasteiger partial charge in [-0.1, -0.05) is 30.3 Å². The lowest BCUT2D eigenvalue weighted by Crippen LogP contribution is -3.13. The summed E-state index contributed by atoms with van der Waals surface area (Å²) in [4.78, 5) is 16.4. The van der Waals surface area contributed by atoms with E-state index in [4.69, 9.17) is 4.74 Å². The van der Waals surface area contributed by atoms with Gasteiger partial charge in [0.15, 0.2) is 11.6 Å². The molecule has 160 valence electrons. The number of hydrogen-bond acceptors (Lipinski definition) is 3. The maximum atomic E-state index is 13.8. The summed E-state index contributed by atoms with van der Waals surface area (Å²) in [6.07, 6.45) is 0. The van der Waals surface area contributed by atoms with Crippen molar-refractivity contribution in [2.24, 2.45) is 0 Å². The minimum atomic E-state index is -0.556. The summed E-state index contributed by atoms with van der Waals surface area (Å²) in [7, 11) is 1.39. The summed E-state index contributed by atoms with van der Waals surface area (Å²) in [5, 5.41) is 2.82. The highest BCUT2D eigenvalue weighted by Crippen LogP contribution is 2.21. The zero-order valence-electron chi connectivity index (χ0n) is 17.6. The van der Waals surface area contributed by atoms with Crippen LogP contribution >= 0.6 is 0 Å². The lowest BCUT2D eigenvalue weighted by Gasteiger charge is -2.33. The van der Waals surface area contributed by atoms with E-state index in [1.54, 1.807) is 11.0 Å². The summed E-state index contributed by atoms with van der Waals surface area (Å²) >= 11 is 0. The molecule has 0 radical (unpaired) electrons. The topological polar surface area (TPSA) is 46.0 Å². The molecule has 1 fully saturated rings. The van der Waals surface area contributed by atoms with E-state index in [-0.39, 0.29) is 17.2 Å². The zero-order chi connectivity index (χ0) is 21.6. The van der Waals surface area contributed by atoms with E-state index >= 15 is 0 Å². The number of carbonyl (C=O) groups is 1. The molecule has 0 saturated carbocycles. The summed E-state index contributed by atoms with van der Waals surface area (Å²) in [5.74, 6) is -0.793. The van der Waals surface area contributed by atoms with E-state index in [1.165, 1.54) is 24.8 Å². The van der Waals surface area contributed by atoms with Crippen LogP contribution in [-0.4, -0.2) is 39.2 Å². The Morgan fingerprint density at radius 3 is 2.39 bits per heavy atom. The Bertz CT molecular complexity index is 1020. The molecule has 0 unspecified atom stereocenters. The van der Waals surface area contributed by atoms with E-state index in [2.05, 4.69) is 40.5 Å². The van der Waals surface area contributed by atoms with Gasteiger partial charge in [0.25, 0.3) is 5.91 Å². The molecule has 5 nitrogen and oxygen atoms in total. The Kier molecular flexibility index (Phi) is 6.48. The number of nitrogens with one attached hydrogen (secondary N) is 2. The number of anilines is 2. The van der Waals surface area contributed by atoms with Gasteiger partial charge in [-0.15, -0.1) is 0 Å². The molecule has 3 aromatic carbocycles. The van der Waals surface area contributed by atoms with Crippen molar-refractivity contribution in [1.29, 1.82) is 0 Å². The summed E-state index contributed by atoms with van der Waals surface area (Å²) in [6.45, 7) is 5.25. The lowest BCUT2D eigenvalue weighted by molar-refractivity contribution is -0.914. The quantitative estimate of drug-likeness (QED) is 0.645. The van der Waals surface area contributed by atoms with Crippen molar-refractivity contribution in [3.8, 4) is 5.75 Å². The van der Waals surface area contributed by atoms with E-state index in [0.717, 1.165) is 38.4 Å². The maximum Gasteiger partial charge on any atom is 0.255 e. The fourth-order valence-corrected chi connectivity index (χ4v) is 3.91. The van der Waals surface area contributed by atoms with E-state index in [9.17, 15) is 9.18 Å². The van der Waals surface area contributed by atoms with Crippen molar-refractivity contribution in [3.63, 3.8) is 0 Å². The number of carbonyl (C=O) groups excluding carboxylic acids is 1. The number of nitrogens with zero attached hydrogens (tertiary/aromatic N) is 1. The third-order valence-electron chi connectivity index (χ3n) is 5.67. The van der Waals surface area contributed by atoms with Gasteiger partial charge in [0.1, 0.15) is 6.54 Å². The Labute approximate surface area is 182 Å². The van der Waals surface area contributed by atoms with E-state index < -0.39 is 5.82 Å². The molecule has 1 saturated heterocycles. The average Bonchev–Trinajstić information content (AvgIpc) is 2.81. The number of methoxy groups -OCH3 is 1. The van der Waals surface area contributed by atoms with Crippen LogP contribution < -0.4 is 19.9 Å². The first kappa shape index (κ1) is 20.9. The molecule has 0 spiro atoms. The van der Waals surface area contributed by atoms with Gasteiger partial charge in [-0.05, 0) is 42.5 Å². The fourth-order valence-electron chi connectivity index (χ4n) is 3.91. The van der Waals surface area contributed by atoms with Gasteiger partial charge in [-0.3, -0.25) is 4.79 Å². The van der Waals surface area contributed by atoms with Crippen LogP contribution in [0.15, 0.2) is 72.8 Å². The summed E-state index contributed by atoms with van der Waals surface area (Å²) in [6, 6.07) is 22.6. The SMILES string of the molecule is COc1ccc(C(=O)Nc2ccc(N3CC[NH+](Cc4ccccc4)CC3)cc2)cc1F. The number of rotatable bonds is 6. The number of benzene rings is 3. The highest BCUT2D eigenvalue weighted by atomic mass is 19.1. The Morgan fingerprint density at radius 2 is 1.74 bits per heavy atom. The number of hydrogen-bond donors (Lipinski definition) is 2. The fraction of sp³-hybridized carbons (Fsp3) is 0.240. The van der Waals surface area contributed by atoms with Crippen molar-refractivity contribution < 1.29 is 18.8 Å². The second kappa shape index (κ2) is 9.62. The third kappa shape index (κ3) is 5.22. The molecule has 1 aliphatic rings. The number of halogens is 1. The predicted molar refractivity (Wildman–Crippen MR) is 120 cm³/mol. The molecule has 6 heteroatoms. The van der Waals surface area contributed by atoms with Crippen molar-refractivity contribution in [1.82, 2.24) is 0 Å². The van der Waals surface area contributed by atoms with Crippen LogP contribution in [0.5, 0.6) is 5.75 Å². The van der Waals surface area contributed by atoms with Gasteiger partial charge < -0.3 is 19.9 Å². The van der Waals surface area contributed by atoms with Gasteiger partial charge >= 0.3 is 0 Å². The molecule has 3 aromatic rings. The Morgan fingerprint density at radius 1 is 1.03 bits per heavy atom. The molecular formula is C25H27FN3O2+. The van der Waals surface area contributed by atoms with Crippen LogP contribution in [0.2, 0.25) is 0 Å². The molecular weight excluding hydrogens is 393 g/mol. The Hall–Kier alpha value is -3.38. The molecule has 0 atom stereocenters. The predicted octanol–water partition coefficient (Wildman–Crippen LogP) is 2.99. The largest absolute Gasteiger partial charge is 0.494 e. The number of quaternary nitrogens is 1. The van der Waals surface area contributed by atoms with Crippen molar-refractivity contribution in [3.05, 3.63) is 89.7 Å². The molecule has 2 N–H and O–H groups in total. The highest BCUT2D eigenvalue weighted by Gasteiger charge is 2.20. The molecule has 1 aliphatic heterocycles. The van der Waals surface area contributed by atoms with Crippen LogP contribution in [-0.2, 0) is 6.54 Å². The van der Waals surface area contributed by atoms with E-state index in [0.29, 0.717) is 5.69 Å². The first-order valence-corrected chi connectivity index (χ1v) is 10.5.